The number of pyridine rings is 1. The van der Waals surface area contributed by atoms with Crippen LogP contribution in [0.1, 0.15) is 16.1 Å². The van der Waals surface area contributed by atoms with Crippen LogP contribution in [-0.4, -0.2) is 17.4 Å². The van der Waals surface area contributed by atoms with E-state index in [-0.39, 0.29) is 11.7 Å². The van der Waals surface area contributed by atoms with Crippen LogP contribution >= 0.6 is 11.6 Å². The number of carbonyl (C=O) groups excluding carboxylic acids is 1. The molecule has 0 saturated heterocycles. The van der Waals surface area contributed by atoms with Gasteiger partial charge in [-0.1, -0.05) is 29.8 Å². The van der Waals surface area contributed by atoms with Crippen molar-refractivity contribution in [3.63, 3.8) is 0 Å². The summed E-state index contributed by atoms with van der Waals surface area (Å²) in [4.78, 5) is 16.4. The molecule has 0 atom stereocenters. The minimum atomic E-state index is -0.272. The number of amides is 1. The van der Waals surface area contributed by atoms with Gasteiger partial charge in [-0.2, -0.15) is 0 Å². The SMILES string of the molecule is O=C(NCCc1ccc(F)cc1)c1cc(Nc2cccc(Cl)c2)ccn1. The van der Waals surface area contributed by atoms with Gasteiger partial charge in [-0.15, -0.1) is 0 Å². The van der Waals surface area contributed by atoms with E-state index in [4.69, 9.17) is 11.6 Å². The Kier molecular flexibility index (Phi) is 5.81. The Balaban J connectivity index is 1.58. The summed E-state index contributed by atoms with van der Waals surface area (Å²) in [6.45, 7) is 0.443. The molecule has 26 heavy (non-hydrogen) atoms. The molecule has 132 valence electrons. The average molecular weight is 370 g/mol. The molecule has 2 aromatic carbocycles. The van der Waals surface area contributed by atoms with Gasteiger partial charge >= 0.3 is 0 Å². The maximum absolute atomic E-state index is 12.9. The van der Waals surface area contributed by atoms with E-state index in [1.165, 1.54) is 12.1 Å². The minimum Gasteiger partial charge on any atom is -0.355 e. The van der Waals surface area contributed by atoms with E-state index >= 15 is 0 Å². The molecule has 3 aromatic rings. The van der Waals surface area contributed by atoms with Gasteiger partial charge in [-0.05, 0) is 54.4 Å². The van der Waals surface area contributed by atoms with Gasteiger partial charge in [0.25, 0.3) is 5.91 Å². The third-order valence-corrected chi connectivity index (χ3v) is 3.95. The van der Waals surface area contributed by atoms with Crippen LogP contribution in [0.3, 0.4) is 0 Å². The molecule has 0 spiro atoms. The molecule has 1 amide bonds. The molecule has 4 nitrogen and oxygen atoms in total. The fraction of sp³-hybridized carbons (Fsp3) is 0.100. The second-order valence-corrected chi connectivity index (χ2v) is 6.13. The van der Waals surface area contributed by atoms with Gasteiger partial charge in [0.2, 0.25) is 0 Å². The van der Waals surface area contributed by atoms with Gasteiger partial charge in [0.1, 0.15) is 11.5 Å². The average Bonchev–Trinajstić information content (AvgIpc) is 2.63. The molecule has 2 N–H and O–H groups in total. The van der Waals surface area contributed by atoms with Crippen molar-refractivity contribution in [2.75, 3.05) is 11.9 Å². The summed E-state index contributed by atoms with van der Waals surface area (Å²) < 4.78 is 12.9. The highest BCUT2D eigenvalue weighted by Crippen LogP contribution is 2.20. The lowest BCUT2D eigenvalue weighted by Crippen LogP contribution is -2.26. The lowest BCUT2D eigenvalue weighted by atomic mass is 10.1. The fourth-order valence-electron chi connectivity index (χ4n) is 2.43. The number of hydrogen-bond donors (Lipinski definition) is 2. The van der Waals surface area contributed by atoms with E-state index in [1.54, 1.807) is 42.6 Å². The molecule has 0 radical (unpaired) electrons. The van der Waals surface area contributed by atoms with E-state index in [0.29, 0.717) is 23.7 Å². The Bertz CT molecular complexity index is 900. The van der Waals surface area contributed by atoms with E-state index in [1.807, 2.05) is 12.1 Å². The Morgan fingerprint density at radius 2 is 1.81 bits per heavy atom. The summed E-state index contributed by atoms with van der Waals surface area (Å²) in [6.07, 6.45) is 2.19. The lowest BCUT2D eigenvalue weighted by molar-refractivity contribution is 0.0949. The maximum atomic E-state index is 12.9. The number of nitrogens with zero attached hydrogens (tertiary/aromatic N) is 1. The number of nitrogens with one attached hydrogen (secondary N) is 2. The van der Waals surface area contributed by atoms with Gasteiger partial charge in [-0.3, -0.25) is 9.78 Å². The highest BCUT2D eigenvalue weighted by molar-refractivity contribution is 6.30. The molecule has 0 aliphatic carbocycles. The number of rotatable bonds is 6. The number of carbonyl (C=O) groups is 1. The number of aromatic nitrogens is 1. The van der Waals surface area contributed by atoms with E-state index in [0.717, 1.165) is 16.9 Å². The Hall–Kier alpha value is -2.92. The van der Waals surface area contributed by atoms with Crippen molar-refractivity contribution >= 4 is 28.9 Å². The molecular weight excluding hydrogens is 353 g/mol. The Morgan fingerprint density at radius 3 is 2.58 bits per heavy atom. The molecule has 0 unspecified atom stereocenters. The molecule has 0 aliphatic heterocycles. The third-order valence-electron chi connectivity index (χ3n) is 3.72. The number of benzene rings is 2. The molecule has 0 fully saturated rings. The van der Waals surface area contributed by atoms with Crippen LogP contribution < -0.4 is 10.6 Å². The Morgan fingerprint density at radius 1 is 1.04 bits per heavy atom. The molecule has 3 rings (SSSR count). The monoisotopic (exact) mass is 369 g/mol. The summed E-state index contributed by atoms with van der Waals surface area (Å²) >= 11 is 5.97. The van der Waals surface area contributed by atoms with Crippen LogP contribution in [0.2, 0.25) is 5.02 Å². The van der Waals surface area contributed by atoms with Crippen molar-refractivity contribution in [3.05, 3.63) is 89.0 Å². The summed E-state index contributed by atoms with van der Waals surface area (Å²) in [6, 6.07) is 17.0. The number of halogens is 2. The van der Waals surface area contributed by atoms with Crippen LogP contribution in [0.4, 0.5) is 15.8 Å². The second kappa shape index (κ2) is 8.45. The smallest absolute Gasteiger partial charge is 0.269 e. The molecule has 0 saturated carbocycles. The maximum Gasteiger partial charge on any atom is 0.269 e. The second-order valence-electron chi connectivity index (χ2n) is 5.70. The summed E-state index contributed by atoms with van der Waals surface area (Å²) in [5.41, 5.74) is 2.84. The third kappa shape index (κ3) is 5.04. The summed E-state index contributed by atoms with van der Waals surface area (Å²) in [5, 5.41) is 6.63. The van der Waals surface area contributed by atoms with Gasteiger partial charge < -0.3 is 10.6 Å². The molecule has 1 aromatic heterocycles. The van der Waals surface area contributed by atoms with E-state index in [2.05, 4.69) is 15.6 Å². The van der Waals surface area contributed by atoms with Gasteiger partial charge in [0, 0.05) is 29.1 Å². The van der Waals surface area contributed by atoms with Gasteiger partial charge in [0.15, 0.2) is 0 Å². The lowest BCUT2D eigenvalue weighted by Gasteiger charge is -2.09. The Labute approximate surface area is 156 Å². The normalized spacial score (nSPS) is 10.4. The van der Waals surface area contributed by atoms with E-state index < -0.39 is 0 Å². The van der Waals surface area contributed by atoms with Crippen LogP contribution in [0, 0.1) is 5.82 Å². The first-order valence-electron chi connectivity index (χ1n) is 8.11. The molecule has 6 heteroatoms. The minimum absolute atomic E-state index is 0.262. The van der Waals surface area contributed by atoms with Gasteiger partial charge in [-0.25, -0.2) is 4.39 Å². The summed E-state index contributed by atoms with van der Waals surface area (Å²) in [5.74, 6) is -0.534. The number of anilines is 2. The molecular formula is C20H17ClFN3O. The molecule has 1 heterocycles. The van der Waals surface area contributed by atoms with Crippen molar-refractivity contribution < 1.29 is 9.18 Å². The topological polar surface area (TPSA) is 54.0 Å². The first-order chi connectivity index (χ1) is 12.6. The van der Waals surface area contributed by atoms with Crippen molar-refractivity contribution in [3.8, 4) is 0 Å². The molecule has 0 bridgehead atoms. The van der Waals surface area contributed by atoms with Crippen molar-refractivity contribution in [1.82, 2.24) is 10.3 Å². The summed E-state index contributed by atoms with van der Waals surface area (Å²) in [7, 11) is 0. The van der Waals surface area contributed by atoms with Crippen LogP contribution in [0.25, 0.3) is 0 Å². The first kappa shape index (κ1) is 17.9. The van der Waals surface area contributed by atoms with Crippen molar-refractivity contribution in [2.45, 2.75) is 6.42 Å². The predicted molar refractivity (Wildman–Crippen MR) is 101 cm³/mol. The quantitative estimate of drug-likeness (QED) is 0.668. The highest BCUT2D eigenvalue weighted by Gasteiger charge is 2.08. The molecule has 0 aliphatic rings. The van der Waals surface area contributed by atoms with Crippen LogP contribution in [0.15, 0.2) is 66.9 Å². The largest absolute Gasteiger partial charge is 0.355 e. The zero-order valence-electron chi connectivity index (χ0n) is 13.9. The van der Waals surface area contributed by atoms with Crippen LogP contribution in [-0.2, 0) is 6.42 Å². The fourth-order valence-corrected chi connectivity index (χ4v) is 2.62. The number of hydrogen-bond acceptors (Lipinski definition) is 3. The highest BCUT2D eigenvalue weighted by atomic mass is 35.5. The van der Waals surface area contributed by atoms with Crippen molar-refractivity contribution in [1.29, 1.82) is 0 Å². The van der Waals surface area contributed by atoms with E-state index in [9.17, 15) is 9.18 Å². The zero-order chi connectivity index (χ0) is 18.4. The van der Waals surface area contributed by atoms with Gasteiger partial charge in [0.05, 0.1) is 0 Å². The predicted octanol–water partition coefficient (Wildman–Crippen LogP) is 4.59. The van der Waals surface area contributed by atoms with Crippen molar-refractivity contribution in [2.24, 2.45) is 0 Å². The van der Waals surface area contributed by atoms with Crippen LogP contribution in [0.5, 0.6) is 0 Å². The zero-order valence-corrected chi connectivity index (χ0v) is 14.6. The first-order valence-corrected chi connectivity index (χ1v) is 8.49. The standard InChI is InChI=1S/C20H17ClFN3O/c21-15-2-1-3-17(12-15)25-18-9-11-23-19(13-18)20(26)24-10-8-14-4-6-16(22)7-5-14/h1-7,9,11-13H,8,10H2,(H,23,25)(H,24,26).